The largest absolute Gasteiger partial charge is 0.489 e. The Morgan fingerprint density at radius 1 is 1.11 bits per heavy atom. The van der Waals surface area contributed by atoms with Crippen LogP contribution in [0.5, 0.6) is 5.75 Å². The molecule has 0 spiro atoms. The maximum absolute atomic E-state index is 8.99. The number of hydrogen-bond donors (Lipinski definition) is 0. The lowest BCUT2D eigenvalue weighted by Gasteiger charge is -2.08. The first-order valence-electron chi connectivity index (χ1n) is 6.03. The summed E-state index contributed by atoms with van der Waals surface area (Å²) in [6.45, 7) is 2.54. The van der Waals surface area contributed by atoms with Gasteiger partial charge in [-0.05, 0) is 30.2 Å². The van der Waals surface area contributed by atoms with Gasteiger partial charge in [-0.2, -0.15) is 5.26 Å². The Morgan fingerprint density at radius 2 is 1.94 bits per heavy atom. The number of benzene rings is 2. The summed E-state index contributed by atoms with van der Waals surface area (Å²) in [6.07, 6.45) is 0.992. The maximum atomic E-state index is 8.99. The van der Waals surface area contributed by atoms with Crippen LogP contribution in [-0.4, -0.2) is 0 Å². The minimum absolute atomic E-state index is 0.427. The summed E-state index contributed by atoms with van der Waals surface area (Å²) in [5, 5.41) is 8.99. The average molecular weight is 237 g/mol. The molecule has 0 saturated heterocycles. The van der Waals surface area contributed by atoms with E-state index in [2.05, 4.69) is 19.1 Å². The summed E-state index contributed by atoms with van der Waals surface area (Å²) in [4.78, 5) is 0. The van der Waals surface area contributed by atoms with Crippen LogP contribution in [0, 0.1) is 11.3 Å². The molecule has 0 aliphatic rings. The summed E-state index contributed by atoms with van der Waals surface area (Å²) in [7, 11) is 0. The van der Waals surface area contributed by atoms with E-state index in [0.29, 0.717) is 12.2 Å². The normalized spacial score (nSPS) is 9.78. The molecule has 0 N–H and O–H groups in total. The standard InChI is InChI=1S/C16H15NO/c1-2-13-6-5-9-16(10-13)18-12-15-8-4-3-7-14(15)11-17/h3-10H,2,12H2,1H3. The maximum Gasteiger partial charge on any atom is 0.120 e. The van der Waals surface area contributed by atoms with E-state index < -0.39 is 0 Å². The number of ether oxygens (including phenoxy) is 1. The van der Waals surface area contributed by atoms with Crippen LogP contribution in [0.1, 0.15) is 23.6 Å². The summed E-state index contributed by atoms with van der Waals surface area (Å²) < 4.78 is 5.73. The van der Waals surface area contributed by atoms with Crippen molar-refractivity contribution in [2.24, 2.45) is 0 Å². The van der Waals surface area contributed by atoms with Crippen molar-refractivity contribution in [3.8, 4) is 11.8 Å². The van der Waals surface area contributed by atoms with Gasteiger partial charge in [-0.1, -0.05) is 37.3 Å². The molecule has 0 saturated carbocycles. The van der Waals surface area contributed by atoms with Crippen molar-refractivity contribution in [3.63, 3.8) is 0 Å². The minimum atomic E-state index is 0.427. The van der Waals surface area contributed by atoms with E-state index in [1.165, 1.54) is 5.56 Å². The van der Waals surface area contributed by atoms with E-state index in [4.69, 9.17) is 10.00 Å². The molecule has 0 fully saturated rings. The molecule has 0 atom stereocenters. The summed E-state index contributed by atoms with van der Waals surface area (Å²) in [6, 6.07) is 17.7. The van der Waals surface area contributed by atoms with Gasteiger partial charge in [0, 0.05) is 5.56 Å². The van der Waals surface area contributed by atoms with Crippen molar-refractivity contribution in [2.45, 2.75) is 20.0 Å². The van der Waals surface area contributed by atoms with Gasteiger partial charge in [0.2, 0.25) is 0 Å². The zero-order chi connectivity index (χ0) is 12.8. The van der Waals surface area contributed by atoms with E-state index >= 15 is 0 Å². The van der Waals surface area contributed by atoms with Crippen molar-refractivity contribution in [1.29, 1.82) is 5.26 Å². The first-order valence-corrected chi connectivity index (χ1v) is 6.03. The van der Waals surface area contributed by atoms with Gasteiger partial charge in [0.05, 0.1) is 11.6 Å². The first kappa shape index (κ1) is 12.2. The van der Waals surface area contributed by atoms with Gasteiger partial charge in [0.25, 0.3) is 0 Å². The molecule has 0 aliphatic carbocycles. The smallest absolute Gasteiger partial charge is 0.120 e. The summed E-state index contributed by atoms with van der Waals surface area (Å²) in [5.41, 5.74) is 2.84. The second-order valence-corrected chi connectivity index (χ2v) is 4.06. The minimum Gasteiger partial charge on any atom is -0.489 e. The fourth-order valence-electron chi connectivity index (χ4n) is 1.77. The Bertz CT molecular complexity index is 569. The van der Waals surface area contributed by atoms with Crippen LogP contribution >= 0.6 is 0 Å². The topological polar surface area (TPSA) is 33.0 Å². The lowest BCUT2D eigenvalue weighted by atomic mass is 10.1. The highest BCUT2D eigenvalue weighted by Gasteiger charge is 2.02. The highest BCUT2D eigenvalue weighted by atomic mass is 16.5. The second kappa shape index (κ2) is 5.88. The molecule has 2 heteroatoms. The van der Waals surface area contributed by atoms with Crippen LogP contribution in [-0.2, 0) is 13.0 Å². The van der Waals surface area contributed by atoms with Crippen LogP contribution in [0.3, 0.4) is 0 Å². The fourth-order valence-corrected chi connectivity index (χ4v) is 1.77. The van der Waals surface area contributed by atoms with Crippen LogP contribution in [0.25, 0.3) is 0 Å². The van der Waals surface area contributed by atoms with Gasteiger partial charge in [-0.3, -0.25) is 0 Å². The molecule has 0 aromatic heterocycles. The van der Waals surface area contributed by atoms with E-state index in [1.54, 1.807) is 6.07 Å². The zero-order valence-electron chi connectivity index (χ0n) is 10.4. The molecule has 0 aliphatic heterocycles. The number of rotatable bonds is 4. The van der Waals surface area contributed by atoms with E-state index in [0.717, 1.165) is 17.7 Å². The highest BCUT2D eigenvalue weighted by Crippen LogP contribution is 2.16. The van der Waals surface area contributed by atoms with Crippen LogP contribution < -0.4 is 4.74 Å². The van der Waals surface area contributed by atoms with Crippen molar-refractivity contribution in [1.82, 2.24) is 0 Å². The van der Waals surface area contributed by atoms with Crippen molar-refractivity contribution in [3.05, 3.63) is 65.2 Å². The van der Waals surface area contributed by atoms with E-state index in [-0.39, 0.29) is 0 Å². The molecular weight excluding hydrogens is 222 g/mol. The monoisotopic (exact) mass is 237 g/mol. The third kappa shape index (κ3) is 2.89. The van der Waals surface area contributed by atoms with Crippen molar-refractivity contribution < 1.29 is 4.74 Å². The van der Waals surface area contributed by atoms with Gasteiger partial charge in [0.15, 0.2) is 0 Å². The molecule has 0 unspecified atom stereocenters. The van der Waals surface area contributed by atoms with Gasteiger partial charge in [-0.25, -0.2) is 0 Å². The quantitative estimate of drug-likeness (QED) is 0.812. The second-order valence-electron chi connectivity index (χ2n) is 4.06. The Hall–Kier alpha value is -2.27. The van der Waals surface area contributed by atoms with E-state index in [1.807, 2.05) is 36.4 Å². The van der Waals surface area contributed by atoms with Crippen molar-refractivity contribution >= 4 is 0 Å². The predicted octanol–water partition coefficient (Wildman–Crippen LogP) is 3.70. The lowest BCUT2D eigenvalue weighted by Crippen LogP contribution is -1.98. The van der Waals surface area contributed by atoms with Crippen molar-refractivity contribution in [2.75, 3.05) is 0 Å². The molecule has 2 rings (SSSR count). The Balaban J connectivity index is 2.09. The third-order valence-corrected chi connectivity index (χ3v) is 2.84. The molecule has 2 aromatic carbocycles. The number of hydrogen-bond acceptors (Lipinski definition) is 2. The number of nitrogens with zero attached hydrogens (tertiary/aromatic N) is 1. The van der Waals surface area contributed by atoms with Gasteiger partial charge in [-0.15, -0.1) is 0 Å². The predicted molar refractivity (Wildman–Crippen MR) is 71.3 cm³/mol. The Labute approximate surface area is 107 Å². The molecule has 90 valence electrons. The average Bonchev–Trinajstić information content (AvgIpc) is 2.45. The molecule has 0 amide bonds. The molecule has 18 heavy (non-hydrogen) atoms. The molecule has 0 radical (unpaired) electrons. The van der Waals surface area contributed by atoms with Gasteiger partial charge in [0.1, 0.15) is 12.4 Å². The Morgan fingerprint density at radius 3 is 2.72 bits per heavy atom. The zero-order valence-corrected chi connectivity index (χ0v) is 10.4. The first-order chi connectivity index (χ1) is 8.83. The summed E-state index contributed by atoms with van der Waals surface area (Å²) in [5.74, 6) is 0.849. The number of nitriles is 1. The van der Waals surface area contributed by atoms with E-state index in [9.17, 15) is 0 Å². The van der Waals surface area contributed by atoms with Crippen LogP contribution in [0.2, 0.25) is 0 Å². The fraction of sp³-hybridized carbons (Fsp3) is 0.188. The molecule has 2 nitrogen and oxygen atoms in total. The number of aryl methyl sites for hydroxylation is 1. The molecule has 0 bridgehead atoms. The molecule has 2 aromatic rings. The van der Waals surface area contributed by atoms with Gasteiger partial charge < -0.3 is 4.74 Å². The van der Waals surface area contributed by atoms with Crippen LogP contribution in [0.4, 0.5) is 0 Å². The molecular formula is C16H15NO. The van der Waals surface area contributed by atoms with Crippen LogP contribution in [0.15, 0.2) is 48.5 Å². The third-order valence-electron chi connectivity index (χ3n) is 2.84. The Kier molecular flexibility index (Phi) is 3.98. The van der Waals surface area contributed by atoms with Gasteiger partial charge >= 0.3 is 0 Å². The highest BCUT2D eigenvalue weighted by molar-refractivity contribution is 5.37. The lowest BCUT2D eigenvalue weighted by molar-refractivity contribution is 0.305. The SMILES string of the molecule is CCc1cccc(OCc2ccccc2C#N)c1. The summed E-state index contributed by atoms with van der Waals surface area (Å²) >= 11 is 0. The molecule has 0 heterocycles.